The molecular formula is C10H10N2O4S. The zero-order valence-electron chi connectivity index (χ0n) is 9.04. The third-order valence-corrected chi connectivity index (χ3v) is 3.48. The SMILES string of the molecule is CN1CC(=O)N(Cc2ccc(C(=O)O)s2)C1=O. The largest absolute Gasteiger partial charge is 0.477 e. The Kier molecular flexibility index (Phi) is 2.84. The molecule has 2 heterocycles. The number of hydrogen-bond acceptors (Lipinski definition) is 4. The van der Waals surface area contributed by atoms with Crippen LogP contribution in [-0.4, -0.2) is 46.4 Å². The molecule has 0 saturated carbocycles. The van der Waals surface area contributed by atoms with Crippen molar-refractivity contribution in [2.45, 2.75) is 6.54 Å². The number of carboxylic acids is 1. The first-order valence-electron chi connectivity index (χ1n) is 4.86. The van der Waals surface area contributed by atoms with Crippen molar-refractivity contribution in [1.82, 2.24) is 9.80 Å². The molecule has 0 radical (unpaired) electrons. The van der Waals surface area contributed by atoms with Crippen LogP contribution in [0, 0.1) is 0 Å². The molecule has 0 spiro atoms. The topological polar surface area (TPSA) is 77.9 Å². The Morgan fingerprint density at radius 2 is 2.18 bits per heavy atom. The second-order valence-corrected chi connectivity index (χ2v) is 4.86. The standard InChI is InChI=1S/C10H10N2O4S/c1-11-5-8(13)12(10(11)16)4-6-2-3-7(17-6)9(14)15/h2-3H,4-5H2,1H3,(H,14,15). The van der Waals surface area contributed by atoms with Crippen molar-refractivity contribution in [3.8, 4) is 0 Å². The first-order chi connectivity index (χ1) is 7.99. The molecule has 1 aliphatic rings. The molecule has 1 aromatic heterocycles. The smallest absolute Gasteiger partial charge is 0.345 e. The summed E-state index contributed by atoms with van der Waals surface area (Å²) in [5.74, 6) is -1.26. The van der Waals surface area contributed by atoms with E-state index in [1.165, 1.54) is 11.0 Å². The summed E-state index contributed by atoms with van der Waals surface area (Å²) in [6, 6.07) is 2.74. The van der Waals surface area contributed by atoms with Crippen molar-refractivity contribution in [2.75, 3.05) is 13.6 Å². The number of hydrogen-bond donors (Lipinski definition) is 1. The Morgan fingerprint density at radius 3 is 2.65 bits per heavy atom. The van der Waals surface area contributed by atoms with E-state index in [1.54, 1.807) is 13.1 Å². The number of carboxylic acid groups (broad SMARTS) is 1. The predicted octanol–water partition coefficient (Wildman–Crippen LogP) is 0.840. The lowest BCUT2D eigenvalue weighted by Crippen LogP contribution is -2.30. The molecule has 1 N–H and O–H groups in total. The number of carbonyl (C=O) groups is 3. The maximum Gasteiger partial charge on any atom is 0.345 e. The van der Waals surface area contributed by atoms with E-state index in [9.17, 15) is 14.4 Å². The highest BCUT2D eigenvalue weighted by Gasteiger charge is 2.33. The van der Waals surface area contributed by atoms with Crippen LogP contribution in [0.15, 0.2) is 12.1 Å². The summed E-state index contributed by atoms with van der Waals surface area (Å²) in [6.45, 7) is 0.218. The lowest BCUT2D eigenvalue weighted by Gasteiger charge is -2.12. The Morgan fingerprint density at radius 1 is 1.47 bits per heavy atom. The second-order valence-electron chi connectivity index (χ2n) is 3.69. The van der Waals surface area contributed by atoms with Gasteiger partial charge in [0.1, 0.15) is 11.4 Å². The highest BCUT2D eigenvalue weighted by atomic mass is 32.1. The minimum atomic E-state index is -1.00. The minimum absolute atomic E-state index is 0.0794. The number of rotatable bonds is 3. The number of imide groups is 1. The van der Waals surface area contributed by atoms with Crippen LogP contribution in [0.4, 0.5) is 4.79 Å². The summed E-state index contributed by atoms with van der Waals surface area (Å²) in [4.78, 5) is 37.1. The highest BCUT2D eigenvalue weighted by Crippen LogP contribution is 2.20. The van der Waals surface area contributed by atoms with E-state index in [2.05, 4.69) is 0 Å². The van der Waals surface area contributed by atoms with E-state index in [1.807, 2.05) is 0 Å². The maximum atomic E-state index is 11.6. The van der Waals surface area contributed by atoms with E-state index in [0.717, 1.165) is 16.2 Å². The molecular weight excluding hydrogens is 244 g/mol. The van der Waals surface area contributed by atoms with Crippen molar-refractivity contribution in [1.29, 1.82) is 0 Å². The third-order valence-electron chi connectivity index (χ3n) is 2.42. The van der Waals surface area contributed by atoms with E-state index >= 15 is 0 Å². The number of aromatic carboxylic acids is 1. The Hall–Kier alpha value is -1.89. The van der Waals surface area contributed by atoms with Crippen LogP contribution < -0.4 is 0 Å². The number of nitrogens with zero attached hydrogens (tertiary/aromatic N) is 2. The minimum Gasteiger partial charge on any atom is -0.477 e. The summed E-state index contributed by atoms with van der Waals surface area (Å²) < 4.78 is 0. The fraction of sp³-hybridized carbons (Fsp3) is 0.300. The van der Waals surface area contributed by atoms with Gasteiger partial charge < -0.3 is 10.0 Å². The average Bonchev–Trinajstić information content (AvgIpc) is 2.80. The number of likely N-dealkylation sites (N-methyl/N-ethyl adjacent to an activating group) is 1. The molecule has 1 saturated heterocycles. The van der Waals surface area contributed by atoms with Gasteiger partial charge in [-0.2, -0.15) is 0 Å². The number of thiophene rings is 1. The van der Waals surface area contributed by atoms with Gasteiger partial charge >= 0.3 is 12.0 Å². The predicted molar refractivity (Wildman–Crippen MR) is 59.9 cm³/mol. The molecule has 0 aromatic carbocycles. The zero-order chi connectivity index (χ0) is 12.6. The zero-order valence-corrected chi connectivity index (χ0v) is 9.86. The quantitative estimate of drug-likeness (QED) is 0.811. The fourth-order valence-corrected chi connectivity index (χ4v) is 2.39. The van der Waals surface area contributed by atoms with Gasteiger partial charge in [0.05, 0.1) is 6.54 Å². The van der Waals surface area contributed by atoms with Gasteiger partial charge in [-0.15, -0.1) is 11.3 Å². The Balaban J connectivity index is 2.13. The lowest BCUT2D eigenvalue weighted by molar-refractivity contribution is -0.125. The van der Waals surface area contributed by atoms with Crippen LogP contribution in [0.2, 0.25) is 0 Å². The molecule has 2 rings (SSSR count). The molecule has 1 aromatic rings. The van der Waals surface area contributed by atoms with Gasteiger partial charge in [0.25, 0.3) is 5.91 Å². The number of amides is 3. The molecule has 7 heteroatoms. The molecule has 0 unspecified atom stereocenters. The van der Waals surface area contributed by atoms with Crippen molar-refractivity contribution in [3.63, 3.8) is 0 Å². The first kappa shape index (κ1) is 11.6. The van der Waals surface area contributed by atoms with Gasteiger partial charge in [-0.05, 0) is 12.1 Å². The van der Waals surface area contributed by atoms with Crippen molar-refractivity contribution in [3.05, 3.63) is 21.9 Å². The van der Waals surface area contributed by atoms with Crippen LogP contribution in [0.1, 0.15) is 14.5 Å². The Labute approximate surface area is 101 Å². The van der Waals surface area contributed by atoms with E-state index in [0.29, 0.717) is 4.88 Å². The summed E-state index contributed by atoms with van der Waals surface area (Å²) >= 11 is 1.07. The number of carbonyl (C=O) groups excluding carboxylic acids is 2. The van der Waals surface area contributed by atoms with Gasteiger partial charge in [0.15, 0.2) is 0 Å². The van der Waals surface area contributed by atoms with Gasteiger partial charge in [-0.1, -0.05) is 0 Å². The monoisotopic (exact) mass is 254 g/mol. The molecule has 0 aliphatic carbocycles. The molecule has 0 bridgehead atoms. The summed E-state index contributed by atoms with van der Waals surface area (Å²) in [5.41, 5.74) is 0. The van der Waals surface area contributed by atoms with Gasteiger partial charge in [0, 0.05) is 11.9 Å². The van der Waals surface area contributed by atoms with Crippen LogP contribution in [0.3, 0.4) is 0 Å². The van der Waals surface area contributed by atoms with Crippen molar-refractivity contribution in [2.24, 2.45) is 0 Å². The summed E-state index contributed by atoms with van der Waals surface area (Å²) in [5, 5.41) is 8.76. The normalized spacial score (nSPS) is 15.8. The summed E-state index contributed by atoms with van der Waals surface area (Å²) in [7, 11) is 1.55. The molecule has 3 amide bonds. The van der Waals surface area contributed by atoms with Crippen molar-refractivity contribution < 1.29 is 19.5 Å². The average molecular weight is 254 g/mol. The molecule has 17 heavy (non-hydrogen) atoms. The van der Waals surface area contributed by atoms with Gasteiger partial charge in [-0.25, -0.2) is 9.59 Å². The molecule has 0 atom stereocenters. The first-order valence-corrected chi connectivity index (χ1v) is 5.68. The summed E-state index contributed by atoms with van der Waals surface area (Å²) in [6.07, 6.45) is 0. The van der Waals surface area contributed by atoms with Crippen LogP contribution >= 0.6 is 11.3 Å². The van der Waals surface area contributed by atoms with Gasteiger partial charge in [0.2, 0.25) is 0 Å². The molecule has 1 fully saturated rings. The molecule has 1 aliphatic heterocycles. The highest BCUT2D eigenvalue weighted by molar-refractivity contribution is 7.13. The maximum absolute atomic E-state index is 11.6. The van der Waals surface area contributed by atoms with Crippen LogP contribution in [0.25, 0.3) is 0 Å². The van der Waals surface area contributed by atoms with Gasteiger partial charge in [-0.3, -0.25) is 9.69 Å². The molecule has 90 valence electrons. The fourth-order valence-electron chi connectivity index (χ4n) is 1.56. The van der Waals surface area contributed by atoms with E-state index in [-0.39, 0.29) is 29.9 Å². The van der Waals surface area contributed by atoms with Crippen LogP contribution in [-0.2, 0) is 11.3 Å². The second kappa shape index (κ2) is 4.17. The Bertz CT molecular complexity index is 496. The molecule has 6 nitrogen and oxygen atoms in total. The number of urea groups is 1. The lowest BCUT2D eigenvalue weighted by atomic mass is 10.4. The third kappa shape index (κ3) is 2.14. The van der Waals surface area contributed by atoms with Crippen molar-refractivity contribution >= 4 is 29.2 Å². The van der Waals surface area contributed by atoms with E-state index < -0.39 is 5.97 Å². The van der Waals surface area contributed by atoms with Crippen LogP contribution in [0.5, 0.6) is 0 Å². The van der Waals surface area contributed by atoms with E-state index in [4.69, 9.17) is 5.11 Å².